The minimum absolute atomic E-state index is 0.0607. The summed E-state index contributed by atoms with van der Waals surface area (Å²) in [6, 6.07) is 7.86. The molecule has 0 radical (unpaired) electrons. The van der Waals surface area contributed by atoms with Crippen LogP contribution < -0.4 is 4.90 Å². The molecule has 0 saturated heterocycles. The molecule has 0 aliphatic carbocycles. The van der Waals surface area contributed by atoms with Gasteiger partial charge in [-0.3, -0.25) is 4.18 Å². The smallest absolute Gasteiger partial charge is 0.264 e. The molecule has 1 aromatic heterocycles. The van der Waals surface area contributed by atoms with Gasteiger partial charge in [-0.25, -0.2) is 4.98 Å². The first kappa shape index (κ1) is 16.5. The monoisotopic (exact) mass is 324 g/mol. The van der Waals surface area contributed by atoms with Crippen LogP contribution in [0.25, 0.3) is 11.5 Å². The Balaban J connectivity index is 2.11. The molecule has 0 amide bonds. The largest absolute Gasteiger partial charge is 0.441 e. The Morgan fingerprint density at radius 3 is 2.41 bits per heavy atom. The Bertz CT molecular complexity index is 733. The summed E-state index contributed by atoms with van der Waals surface area (Å²) in [7, 11) is 0.524. The van der Waals surface area contributed by atoms with E-state index in [-0.39, 0.29) is 6.61 Å². The van der Waals surface area contributed by atoms with Crippen LogP contribution in [-0.4, -0.2) is 40.4 Å². The van der Waals surface area contributed by atoms with Crippen LogP contribution in [0.15, 0.2) is 28.7 Å². The highest BCUT2D eigenvalue weighted by Gasteiger charge is 2.12. The average Bonchev–Trinajstić information content (AvgIpc) is 2.79. The van der Waals surface area contributed by atoms with Gasteiger partial charge in [-0.05, 0) is 31.2 Å². The predicted molar refractivity (Wildman–Crippen MR) is 85.5 cm³/mol. The molecule has 7 heteroatoms. The molecule has 2 aromatic rings. The lowest BCUT2D eigenvalue weighted by Crippen LogP contribution is -2.07. The molecule has 2 rings (SSSR count). The van der Waals surface area contributed by atoms with Crippen LogP contribution in [-0.2, 0) is 20.7 Å². The van der Waals surface area contributed by atoms with Crippen LogP contribution in [0.4, 0.5) is 5.69 Å². The number of hydrogen-bond acceptors (Lipinski definition) is 6. The fourth-order valence-electron chi connectivity index (χ4n) is 1.98. The lowest BCUT2D eigenvalue weighted by atomic mass is 10.2. The zero-order chi connectivity index (χ0) is 16.3. The standard InChI is InChI=1S/C15H20N2O4S/c1-11-14(9-10-20-22(4,18)19)16-15(21-11)12-5-7-13(8-6-12)17(2)3/h5-8H,9-10H2,1-4H3. The summed E-state index contributed by atoms with van der Waals surface area (Å²) in [5, 5.41) is 0. The molecule has 6 nitrogen and oxygen atoms in total. The molecular formula is C15H20N2O4S. The van der Waals surface area contributed by atoms with E-state index >= 15 is 0 Å². The van der Waals surface area contributed by atoms with Gasteiger partial charge < -0.3 is 9.32 Å². The van der Waals surface area contributed by atoms with Gasteiger partial charge in [0.05, 0.1) is 18.6 Å². The van der Waals surface area contributed by atoms with E-state index < -0.39 is 10.1 Å². The summed E-state index contributed by atoms with van der Waals surface area (Å²) < 4.78 is 32.3. The van der Waals surface area contributed by atoms with Crippen molar-refractivity contribution in [3.63, 3.8) is 0 Å². The average molecular weight is 324 g/mol. The quantitative estimate of drug-likeness (QED) is 0.759. The molecule has 0 unspecified atom stereocenters. The zero-order valence-corrected chi connectivity index (χ0v) is 14.0. The first-order chi connectivity index (χ1) is 10.3. The minimum Gasteiger partial charge on any atom is -0.441 e. The van der Waals surface area contributed by atoms with E-state index in [2.05, 4.69) is 4.98 Å². The normalized spacial score (nSPS) is 11.6. The Labute approximate surface area is 130 Å². The second-order valence-corrected chi connectivity index (χ2v) is 6.88. The van der Waals surface area contributed by atoms with Crippen molar-refractivity contribution in [2.75, 3.05) is 31.9 Å². The van der Waals surface area contributed by atoms with E-state index in [0.29, 0.717) is 23.8 Å². The van der Waals surface area contributed by atoms with Crippen molar-refractivity contribution >= 4 is 15.8 Å². The topological polar surface area (TPSA) is 72.6 Å². The Kier molecular flexibility index (Phi) is 4.87. The van der Waals surface area contributed by atoms with Crippen molar-refractivity contribution in [3.8, 4) is 11.5 Å². The van der Waals surface area contributed by atoms with Crippen LogP contribution in [0.3, 0.4) is 0 Å². The molecule has 0 atom stereocenters. The maximum absolute atomic E-state index is 10.9. The van der Waals surface area contributed by atoms with Crippen molar-refractivity contribution in [3.05, 3.63) is 35.7 Å². The summed E-state index contributed by atoms with van der Waals surface area (Å²) in [6.07, 6.45) is 1.42. The van der Waals surface area contributed by atoms with Crippen LogP contribution in [0.2, 0.25) is 0 Å². The predicted octanol–water partition coefficient (Wildman–Crippen LogP) is 2.23. The summed E-state index contributed by atoms with van der Waals surface area (Å²) >= 11 is 0. The first-order valence-corrected chi connectivity index (χ1v) is 8.66. The van der Waals surface area contributed by atoms with Gasteiger partial charge in [0.2, 0.25) is 5.89 Å². The second-order valence-electron chi connectivity index (χ2n) is 5.24. The molecule has 0 aliphatic heterocycles. The van der Waals surface area contributed by atoms with Crippen molar-refractivity contribution in [2.24, 2.45) is 0 Å². The molecule has 0 N–H and O–H groups in total. The lowest BCUT2D eigenvalue weighted by Gasteiger charge is -2.11. The highest BCUT2D eigenvalue weighted by molar-refractivity contribution is 7.85. The Morgan fingerprint density at radius 2 is 1.86 bits per heavy atom. The van der Waals surface area contributed by atoms with Crippen molar-refractivity contribution in [1.82, 2.24) is 4.98 Å². The van der Waals surface area contributed by atoms with E-state index in [1.807, 2.05) is 43.3 Å². The highest BCUT2D eigenvalue weighted by Crippen LogP contribution is 2.24. The van der Waals surface area contributed by atoms with Crippen molar-refractivity contribution in [1.29, 1.82) is 0 Å². The van der Waals surface area contributed by atoms with E-state index in [9.17, 15) is 8.42 Å². The highest BCUT2D eigenvalue weighted by atomic mass is 32.2. The molecule has 22 heavy (non-hydrogen) atoms. The SMILES string of the molecule is Cc1oc(-c2ccc(N(C)C)cc2)nc1CCOS(C)(=O)=O. The van der Waals surface area contributed by atoms with Crippen molar-refractivity contribution in [2.45, 2.75) is 13.3 Å². The number of aryl methyl sites for hydroxylation is 1. The molecule has 0 saturated carbocycles. The van der Waals surface area contributed by atoms with Gasteiger partial charge in [-0.2, -0.15) is 8.42 Å². The van der Waals surface area contributed by atoms with Gasteiger partial charge in [-0.1, -0.05) is 0 Å². The maximum Gasteiger partial charge on any atom is 0.264 e. The molecule has 0 aliphatic rings. The van der Waals surface area contributed by atoms with Gasteiger partial charge >= 0.3 is 0 Å². The molecule has 0 fully saturated rings. The van der Waals surface area contributed by atoms with Crippen LogP contribution >= 0.6 is 0 Å². The first-order valence-electron chi connectivity index (χ1n) is 6.85. The maximum atomic E-state index is 10.9. The number of rotatable bonds is 6. The fraction of sp³-hybridized carbons (Fsp3) is 0.400. The Hall–Kier alpha value is -1.86. The van der Waals surface area contributed by atoms with E-state index in [0.717, 1.165) is 17.5 Å². The van der Waals surface area contributed by atoms with E-state index in [1.165, 1.54) is 0 Å². The van der Waals surface area contributed by atoms with Crippen LogP contribution in [0.5, 0.6) is 0 Å². The molecular weight excluding hydrogens is 304 g/mol. The van der Waals surface area contributed by atoms with Gasteiger partial charge in [-0.15, -0.1) is 0 Å². The van der Waals surface area contributed by atoms with Crippen LogP contribution in [0.1, 0.15) is 11.5 Å². The van der Waals surface area contributed by atoms with Crippen molar-refractivity contribution < 1.29 is 17.0 Å². The third-order valence-electron chi connectivity index (χ3n) is 3.16. The van der Waals surface area contributed by atoms with E-state index in [4.69, 9.17) is 8.60 Å². The van der Waals surface area contributed by atoms with E-state index in [1.54, 1.807) is 6.92 Å². The number of benzene rings is 1. The number of oxazole rings is 1. The number of hydrogen-bond donors (Lipinski definition) is 0. The summed E-state index contributed by atoms with van der Waals surface area (Å²) in [4.78, 5) is 6.43. The second kappa shape index (κ2) is 6.50. The molecule has 1 aromatic carbocycles. The summed E-state index contributed by atoms with van der Waals surface area (Å²) in [5.74, 6) is 1.20. The summed E-state index contributed by atoms with van der Waals surface area (Å²) in [6.45, 7) is 1.87. The van der Waals surface area contributed by atoms with Crippen LogP contribution in [0, 0.1) is 6.92 Å². The van der Waals surface area contributed by atoms with Gasteiger partial charge in [0.1, 0.15) is 5.76 Å². The zero-order valence-electron chi connectivity index (χ0n) is 13.2. The third-order valence-corrected chi connectivity index (χ3v) is 3.75. The van der Waals surface area contributed by atoms with Gasteiger partial charge in [0.25, 0.3) is 10.1 Å². The number of anilines is 1. The number of aromatic nitrogens is 1. The molecule has 120 valence electrons. The summed E-state index contributed by atoms with van der Waals surface area (Å²) in [5.41, 5.74) is 2.67. The van der Waals surface area contributed by atoms with Gasteiger partial charge in [0.15, 0.2) is 0 Å². The van der Waals surface area contributed by atoms with Gasteiger partial charge in [0, 0.05) is 31.8 Å². The lowest BCUT2D eigenvalue weighted by molar-refractivity contribution is 0.324. The minimum atomic E-state index is -3.43. The molecule has 1 heterocycles. The Morgan fingerprint density at radius 1 is 1.23 bits per heavy atom. The molecule has 0 bridgehead atoms. The number of nitrogens with zero attached hydrogens (tertiary/aromatic N) is 2. The third kappa shape index (κ3) is 4.32. The fourth-order valence-corrected chi connectivity index (χ4v) is 2.36. The molecule has 0 spiro atoms.